The third kappa shape index (κ3) is 1.97. The predicted molar refractivity (Wildman–Crippen MR) is 60.4 cm³/mol. The highest BCUT2D eigenvalue weighted by Gasteiger charge is 2.32. The van der Waals surface area contributed by atoms with Gasteiger partial charge in [0.25, 0.3) is 12.9 Å². The van der Waals surface area contributed by atoms with Crippen LogP contribution in [0.1, 0.15) is 48.6 Å². The second-order valence-corrected chi connectivity index (χ2v) is 4.72. The molecular formula is C12H11F4N3. The molecule has 1 fully saturated rings. The molecule has 0 amide bonds. The van der Waals surface area contributed by atoms with E-state index in [1.165, 1.54) is 11.7 Å². The molecule has 0 radical (unpaired) electrons. The lowest BCUT2D eigenvalue weighted by Crippen LogP contribution is -1.99. The van der Waals surface area contributed by atoms with Crippen LogP contribution in [0.4, 0.5) is 17.6 Å². The van der Waals surface area contributed by atoms with Crippen molar-refractivity contribution in [2.24, 2.45) is 7.05 Å². The number of aromatic nitrogens is 3. The first-order valence-electron chi connectivity index (χ1n) is 5.92. The van der Waals surface area contributed by atoms with Gasteiger partial charge in [-0.25, -0.2) is 22.5 Å². The standard InChI is InChI=1S/C12H11F4N3/c1-19-12-8(9(18-19)5-2-3-5)6(10(13)14)4-7(17-12)11(15)16/h4-5,10-11H,2-3H2,1H3. The minimum absolute atomic E-state index is 0.106. The number of alkyl halides is 4. The van der Waals surface area contributed by atoms with E-state index in [4.69, 9.17) is 0 Å². The van der Waals surface area contributed by atoms with Crippen LogP contribution >= 0.6 is 0 Å². The van der Waals surface area contributed by atoms with Crippen molar-refractivity contribution in [1.29, 1.82) is 0 Å². The molecule has 0 aromatic carbocycles. The third-order valence-corrected chi connectivity index (χ3v) is 3.29. The molecule has 1 aliphatic rings. The first-order chi connectivity index (χ1) is 8.99. The van der Waals surface area contributed by atoms with Gasteiger partial charge in [-0.05, 0) is 18.9 Å². The normalized spacial score (nSPS) is 15.9. The van der Waals surface area contributed by atoms with Crippen LogP contribution in [0.5, 0.6) is 0 Å². The van der Waals surface area contributed by atoms with Crippen LogP contribution in [0, 0.1) is 0 Å². The first-order valence-corrected chi connectivity index (χ1v) is 5.92. The van der Waals surface area contributed by atoms with Gasteiger partial charge in [0, 0.05) is 18.5 Å². The van der Waals surface area contributed by atoms with E-state index in [0.717, 1.165) is 18.9 Å². The van der Waals surface area contributed by atoms with Crippen molar-refractivity contribution in [3.05, 3.63) is 23.0 Å². The van der Waals surface area contributed by atoms with Gasteiger partial charge in [0.15, 0.2) is 5.65 Å². The maximum atomic E-state index is 13.1. The Hall–Kier alpha value is -1.66. The molecule has 2 heterocycles. The first kappa shape index (κ1) is 12.4. The topological polar surface area (TPSA) is 30.7 Å². The summed E-state index contributed by atoms with van der Waals surface area (Å²) in [7, 11) is 1.53. The Morgan fingerprint density at radius 1 is 1.21 bits per heavy atom. The molecule has 0 unspecified atom stereocenters. The van der Waals surface area contributed by atoms with Gasteiger partial charge in [0.05, 0.1) is 11.1 Å². The summed E-state index contributed by atoms with van der Waals surface area (Å²) in [6.45, 7) is 0. The third-order valence-electron chi connectivity index (χ3n) is 3.29. The molecule has 0 spiro atoms. The number of rotatable bonds is 3. The van der Waals surface area contributed by atoms with E-state index in [0.29, 0.717) is 5.69 Å². The van der Waals surface area contributed by atoms with Gasteiger partial charge in [-0.1, -0.05) is 0 Å². The molecule has 3 nitrogen and oxygen atoms in total. The molecule has 0 saturated heterocycles. The van der Waals surface area contributed by atoms with E-state index in [1.54, 1.807) is 0 Å². The monoisotopic (exact) mass is 273 g/mol. The van der Waals surface area contributed by atoms with E-state index in [1.807, 2.05) is 0 Å². The predicted octanol–water partition coefficient (Wildman–Crippen LogP) is 3.72. The minimum Gasteiger partial charge on any atom is -0.250 e. The average molecular weight is 273 g/mol. The smallest absolute Gasteiger partial charge is 0.250 e. The van der Waals surface area contributed by atoms with Gasteiger partial charge in [-0.15, -0.1) is 0 Å². The highest BCUT2D eigenvalue weighted by molar-refractivity contribution is 5.83. The van der Waals surface area contributed by atoms with E-state index in [-0.39, 0.29) is 17.0 Å². The zero-order valence-corrected chi connectivity index (χ0v) is 10.1. The number of hydrogen-bond acceptors (Lipinski definition) is 2. The number of halogens is 4. The zero-order valence-electron chi connectivity index (χ0n) is 10.1. The van der Waals surface area contributed by atoms with Gasteiger partial charge in [-0.2, -0.15) is 5.10 Å². The molecule has 102 valence electrons. The SMILES string of the molecule is Cn1nc(C2CC2)c2c(C(F)F)cc(C(F)F)nc21. The van der Waals surface area contributed by atoms with Crippen LogP contribution in [-0.2, 0) is 7.05 Å². The van der Waals surface area contributed by atoms with Crippen molar-refractivity contribution in [3.8, 4) is 0 Å². The fraction of sp³-hybridized carbons (Fsp3) is 0.500. The van der Waals surface area contributed by atoms with Crippen molar-refractivity contribution >= 4 is 11.0 Å². The molecule has 3 rings (SSSR count). The lowest BCUT2D eigenvalue weighted by atomic mass is 10.1. The summed E-state index contributed by atoms with van der Waals surface area (Å²) < 4.78 is 52.9. The fourth-order valence-corrected chi connectivity index (χ4v) is 2.25. The summed E-state index contributed by atoms with van der Waals surface area (Å²) >= 11 is 0. The Morgan fingerprint density at radius 3 is 2.42 bits per heavy atom. The van der Waals surface area contributed by atoms with Crippen molar-refractivity contribution in [1.82, 2.24) is 14.8 Å². The Kier molecular flexibility index (Phi) is 2.72. The number of aryl methyl sites for hydroxylation is 1. The van der Waals surface area contributed by atoms with Crippen LogP contribution < -0.4 is 0 Å². The van der Waals surface area contributed by atoms with Crippen LogP contribution in [0.2, 0.25) is 0 Å². The molecule has 1 aliphatic carbocycles. The molecule has 2 aromatic heterocycles. The highest BCUT2D eigenvalue weighted by atomic mass is 19.3. The molecule has 2 aromatic rings. The number of nitrogens with zero attached hydrogens (tertiary/aromatic N) is 3. The summed E-state index contributed by atoms with van der Waals surface area (Å²) in [6.07, 6.45) is -3.90. The molecule has 1 saturated carbocycles. The van der Waals surface area contributed by atoms with Gasteiger partial charge in [-0.3, -0.25) is 4.68 Å². The number of hydrogen-bond donors (Lipinski definition) is 0. The second-order valence-electron chi connectivity index (χ2n) is 4.72. The Balaban J connectivity index is 2.32. The summed E-state index contributed by atoms with van der Waals surface area (Å²) in [4.78, 5) is 3.77. The second kappa shape index (κ2) is 4.18. The van der Waals surface area contributed by atoms with E-state index in [2.05, 4.69) is 10.1 Å². The van der Waals surface area contributed by atoms with Crippen molar-refractivity contribution in [2.45, 2.75) is 31.6 Å². The van der Waals surface area contributed by atoms with Crippen molar-refractivity contribution in [2.75, 3.05) is 0 Å². The minimum atomic E-state index is -2.87. The number of pyridine rings is 1. The lowest BCUT2D eigenvalue weighted by molar-refractivity contribution is 0.141. The van der Waals surface area contributed by atoms with E-state index in [9.17, 15) is 17.6 Å². The molecule has 7 heteroatoms. The van der Waals surface area contributed by atoms with Crippen molar-refractivity contribution in [3.63, 3.8) is 0 Å². The summed E-state index contributed by atoms with van der Waals surface area (Å²) in [5.41, 5.74) is -0.362. The van der Waals surface area contributed by atoms with Crippen LogP contribution in [0.25, 0.3) is 11.0 Å². The van der Waals surface area contributed by atoms with Crippen LogP contribution in [-0.4, -0.2) is 14.8 Å². The Labute approximate surface area is 106 Å². The summed E-state index contributed by atoms with van der Waals surface area (Å²) in [5, 5.41) is 4.41. The van der Waals surface area contributed by atoms with Crippen molar-refractivity contribution < 1.29 is 17.6 Å². The summed E-state index contributed by atoms with van der Waals surface area (Å²) in [6, 6.07) is 0.797. The van der Waals surface area contributed by atoms with Crippen LogP contribution in [0.3, 0.4) is 0 Å². The fourth-order valence-electron chi connectivity index (χ4n) is 2.25. The molecule has 0 bridgehead atoms. The molecule has 0 aliphatic heterocycles. The Bertz CT molecular complexity index is 631. The molecule has 0 N–H and O–H groups in total. The maximum absolute atomic E-state index is 13.1. The van der Waals surface area contributed by atoms with Gasteiger partial charge in [0.1, 0.15) is 5.69 Å². The summed E-state index contributed by atoms with van der Waals surface area (Å²) in [5.74, 6) is 0.153. The Morgan fingerprint density at radius 2 is 1.89 bits per heavy atom. The highest BCUT2D eigenvalue weighted by Crippen LogP contribution is 2.44. The average Bonchev–Trinajstić information content (AvgIpc) is 3.14. The van der Waals surface area contributed by atoms with E-state index >= 15 is 0 Å². The van der Waals surface area contributed by atoms with Crippen LogP contribution in [0.15, 0.2) is 6.07 Å². The quantitative estimate of drug-likeness (QED) is 0.798. The molecule has 19 heavy (non-hydrogen) atoms. The largest absolute Gasteiger partial charge is 0.280 e. The maximum Gasteiger partial charge on any atom is 0.280 e. The van der Waals surface area contributed by atoms with E-state index < -0.39 is 24.1 Å². The zero-order chi connectivity index (χ0) is 13.7. The molecule has 0 atom stereocenters. The van der Waals surface area contributed by atoms with Gasteiger partial charge in [0.2, 0.25) is 0 Å². The molecular weight excluding hydrogens is 262 g/mol. The lowest BCUT2D eigenvalue weighted by Gasteiger charge is -2.07. The van der Waals surface area contributed by atoms with Gasteiger partial charge < -0.3 is 0 Å². The van der Waals surface area contributed by atoms with Gasteiger partial charge >= 0.3 is 0 Å². The number of fused-ring (bicyclic) bond motifs is 1.